The first-order valence-electron chi connectivity index (χ1n) is 8.13. The predicted molar refractivity (Wildman–Crippen MR) is 97.7 cm³/mol. The number of hydrogen-bond acceptors (Lipinski definition) is 3. The second-order valence-corrected chi connectivity index (χ2v) is 8.02. The molecule has 1 N–H and O–H groups in total. The van der Waals surface area contributed by atoms with Crippen LogP contribution >= 0.6 is 27.3 Å². The summed E-state index contributed by atoms with van der Waals surface area (Å²) in [6, 6.07) is 8.30. The van der Waals surface area contributed by atoms with Crippen LogP contribution in [-0.4, -0.2) is 14.5 Å². The molecule has 4 rings (SSSR count). The van der Waals surface area contributed by atoms with E-state index in [4.69, 9.17) is 0 Å². The second-order valence-electron chi connectivity index (χ2n) is 6.27. The zero-order valence-electron chi connectivity index (χ0n) is 12.8. The summed E-state index contributed by atoms with van der Waals surface area (Å²) in [7, 11) is 0. The van der Waals surface area contributed by atoms with Crippen LogP contribution in [0.1, 0.15) is 43.9 Å². The number of halogens is 1. The Bertz CT molecular complexity index is 802. The number of aliphatic hydroxyl groups is 1. The van der Waals surface area contributed by atoms with Gasteiger partial charge in [0.05, 0.1) is 23.7 Å². The molecule has 0 radical (unpaired) electrons. The van der Waals surface area contributed by atoms with Crippen LogP contribution in [0.25, 0.3) is 16.2 Å². The van der Waals surface area contributed by atoms with Crippen LogP contribution in [0, 0.1) is 5.92 Å². The number of aromatic nitrogens is 2. The molecule has 23 heavy (non-hydrogen) atoms. The van der Waals surface area contributed by atoms with E-state index in [9.17, 15) is 5.11 Å². The van der Waals surface area contributed by atoms with Crippen LogP contribution in [0.15, 0.2) is 40.3 Å². The lowest BCUT2D eigenvalue weighted by Gasteiger charge is -2.26. The number of benzene rings is 1. The topological polar surface area (TPSA) is 37.5 Å². The summed E-state index contributed by atoms with van der Waals surface area (Å²) < 4.78 is 3.20. The number of nitrogens with zero attached hydrogens (tertiary/aromatic N) is 2. The fourth-order valence-electron chi connectivity index (χ4n) is 3.55. The minimum Gasteiger partial charge on any atom is -0.387 e. The summed E-state index contributed by atoms with van der Waals surface area (Å²) >= 11 is 5.11. The normalized spacial score (nSPS) is 17.7. The standard InChI is InChI=1S/C18H19BrN2OS/c19-14-8-6-12(7-9-14)16-11-23-18-20-10-15(21(16)18)17(22)13-4-2-1-3-5-13/h6-11,13,17,22H,1-5H2. The molecule has 2 aromatic heterocycles. The minimum absolute atomic E-state index is 0.362. The first kappa shape index (κ1) is 15.4. The molecule has 3 nitrogen and oxygen atoms in total. The van der Waals surface area contributed by atoms with Gasteiger partial charge in [0.1, 0.15) is 0 Å². The Labute approximate surface area is 148 Å². The van der Waals surface area contributed by atoms with E-state index in [1.54, 1.807) is 11.3 Å². The van der Waals surface area contributed by atoms with Crippen molar-refractivity contribution in [2.75, 3.05) is 0 Å². The highest BCUT2D eigenvalue weighted by atomic mass is 79.9. The van der Waals surface area contributed by atoms with Crippen molar-refractivity contribution < 1.29 is 5.11 Å². The molecular weight excluding hydrogens is 372 g/mol. The van der Waals surface area contributed by atoms with Gasteiger partial charge < -0.3 is 5.11 Å². The van der Waals surface area contributed by atoms with Gasteiger partial charge in [0, 0.05) is 9.85 Å². The molecule has 1 atom stereocenters. The number of thiazole rings is 1. The number of imidazole rings is 1. The molecule has 1 unspecified atom stereocenters. The number of aliphatic hydroxyl groups excluding tert-OH is 1. The fourth-order valence-corrected chi connectivity index (χ4v) is 4.70. The van der Waals surface area contributed by atoms with Gasteiger partial charge in [-0.05, 0) is 36.5 Å². The molecule has 0 amide bonds. The zero-order valence-corrected chi connectivity index (χ0v) is 15.2. The molecule has 0 saturated heterocycles. The largest absolute Gasteiger partial charge is 0.387 e. The summed E-state index contributed by atoms with van der Waals surface area (Å²) in [4.78, 5) is 5.46. The van der Waals surface area contributed by atoms with Crippen molar-refractivity contribution in [1.29, 1.82) is 0 Å². The van der Waals surface area contributed by atoms with E-state index < -0.39 is 6.10 Å². The van der Waals surface area contributed by atoms with E-state index in [0.29, 0.717) is 5.92 Å². The van der Waals surface area contributed by atoms with E-state index in [-0.39, 0.29) is 0 Å². The highest BCUT2D eigenvalue weighted by molar-refractivity contribution is 9.10. The smallest absolute Gasteiger partial charge is 0.194 e. The highest BCUT2D eigenvalue weighted by Gasteiger charge is 2.26. The van der Waals surface area contributed by atoms with Crippen LogP contribution in [0.5, 0.6) is 0 Å². The Balaban J connectivity index is 1.76. The molecule has 5 heteroatoms. The summed E-state index contributed by atoms with van der Waals surface area (Å²) in [6.45, 7) is 0. The Morgan fingerprint density at radius 3 is 2.65 bits per heavy atom. The Morgan fingerprint density at radius 1 is 1.17 bits per heavy atom. The molecule has 1 saturated carbocycles. The third kappa shape index (κ3) is 2.86. The molecule has 1 aliphatic rings. The lowest BCUT2D eigenvalue weighted by Crippen LogP contribution is -2.17. The van der Waals surface area contributed by atoms with E-state index in [2.05, 4.69) is 42.8 Å². The average molecular weight is 391 g/mol. The SMILES string of the molecule is OC(c1cnc2scc(-c3ccc(Br)cc3)n12)C1CCCCC1. The summed E-state index contributed by atoms with van der Waals surface area (Å²) in [5.74, 6) is 0.362. The van der Waals surface area contributed by atoms with Crippen molar-refractivity contribution >= 4 is 32.2 Å². The molecule has 1 aromatic carbocycles. The van der Waals surface area contributed by atoms with Crippen molar-refractivity contribution in [3.05, 3.63) is 46.0 Å². The molecule has 1 fully saturated rings. The average Bonchev–Trinajstić information content (AvgIpc) is 3.18. The molecule has 2 heterocycles. The Morgan fingerprint density at radius 2 is 1.91 bits per heavy atom. The van der Waals surface area contributed by atoms with Crippen LogP contribution in [-0.2, 0) is 0 Å². The van der Waals surface area contributed by atoms with Gasteiger partial charge in [0.2, 0.25) is 0 Å². The van der Waals surface area contributed by atoms with Crippen molar-refractivity contribution in [3.8, 4) is 11.3 Å². The quantitative estimate of drug-likeness (QED) is 0.646. The molecule has 3 aromatic rings. The highest BCUT2D eigenvalue weighted by Crippen LogP contribution is 2.37. The third-order valence-corrected chi connectivity index (χ3v) is 6.18. The molecular formula is C18H19BrN2OS. The number of hydrogen-bond donors (Lipinski definition) is 1. The Hall–Kier alpha value is -1.17. The van der Waals surface area contributed by atoms with Crippen molar-refractivity contribution in [1.82, 2.24) is 9.38 Å². The molecule has 0 aliphatic heterocycles. The van der Waals surface area contributed by atoms with Crippen LogP contribution in [0.3, 0.4) is 0 Å². The van der Waals surface area contributed by atoms with Gasteiger partial charge in [0.15, 0.2) is 4.96 Å². The summed E-state index contributed by atoms with van der Waals surface area (Å²) in [6.07, 6.45) is 7.42. The van der Waals surface area contributed by atoms with E-state index in [1.165, 1.54) is 19.3 Å². The maximum Gasteiger partial charge on any atom is 0.194 e. The van der Waals surface area contributed by atoms with Crippen LogP contribution in [0.4, 0.5) is 0 Å². The number of rotatable bonds is 3. The van der Waals surface area contributed by atoms with Crippen molar-refractivity contribution in [2.45, 2.75) is 38.2 Å². The lowest BCUT2D eigenvalue weighted by atomic mass is 9.84. The maximum atomic E-state index is 10.9. The van der Waals surface area contributed by atoms with Crippen molar-refractivity contribution in [3.63, 3.8) is 0 Å². The van der Waals surface area contributed by atoms with E-state index in [0.717, 1.165) is 39.2 Å². The fraction of sp³-hybridized carbons (Fsp3) is 0.389. The summed E-state index contributed by atoms with van der Waals surface area (Å²) in [5.41, 5.74) is 3.19. The predicted octanol–water partition coefficient (Wildman–Crippen LogP) is 5.44. The Kier molecular flexibility index (Phi) is 4.26. The maximum absolute atomic E-state index is 10.9. The second kappa shape index (κ2) is 6.38. The van der Waals surface area contributed by atoms with Gasteiger partial charge in [-0.25, -0.2) is 4.98 Å². The molecule has 0 spiro atoms. The molecule has 120 valence electrons. The van der Waals surface area contributed by atoms with Gasteiger partial charge in [-0.3, -0.25) is 4.40 Å². The first-order valence-corrected chi connectivity index (χ1v) is 9.80. The van der Waals surface area contributed by atoms with E-state index in [1.807, 2.05) is 18.3 Å². The number of fused-ring (bicyclic) bond motifs is 1. The monoisotopic (exact) mass is 390 g/mol. The van der Waals surface area contributed by atoms with E-state index >= 15 is 0 Å². The third-order valence-electron chi connectivity index (χ3n) is 4.81. The summed E-state index contributed by atoms with van der Waals surface area (Å²) in [5, 5.41) is 13.0. The lowest BCUT2D eigenvalue weighted by molar-refractivity contribution is 0.0806. The van der Waals surface area contributed by atoms with Gasteiger partial charge in [-0.1, -0.05) is 47.3 Å². The van der Waals surface area contributed by atoms with Gasteiger partial charge in [0.25, 0.3) is 0 Å². The van der Waals surface area contributed by atoms with Gasteiger partial charge >= 0.3 is 0 Å². The van der Waals surface area contributed by atoms with Gasteiger partial charge in [-0.2, -0.15) is 0 Å². The first-order chi connectivity index (χ1) is 11.2. The van der Waals surface area contributed by atoms with Gasteiger partial charge in [-0.15, -0.1) is 11.3 Å². The molecule has 0 bridgehead atoms. The van der Waals surface area contributed by atoms with Crippen molar-refractivity contribution in [2.24, 2.45) is 5.92 Å². The molecule has 1 aliphatic carbocycles. The zero-order chi connectivity index (χ0) is 15.8. The minimum atomic E-state index is -0.422. The van der Waals surface area contributed by atoms with Crippen LogP contribution in [0.2, 0.25) is 0 Å². The van der Waals surface area contributed by atoms with Crippen LogP contribution < -0.4 is 0 Å².